The predicted molar refractivity (Wildman–Crippen MR) is 99.6 cm³/mol. The average molecular weight is 395 g/mol. The number of nitrogens with zero attached hydrogens (tertiary/aromatic N) is 4. The minimum Gasteiger partial charge on any atom is -0.465 e. The van der Waals surface area contributed by atoms with Crippen molar-refractivity contribution >= 4 is 27.7 Å². The standard InChI is InChI=1S/C11H17N3O2.C6H6BrN/c1-9-6-10(8-12-7-9)13(2)4-5-14(3)11(15)16;1-5-2-6(7)4-8-3-5/h6-8H,4-5H2,1-3H3,(H,15,16);2-4H,1H3. The molecular weight excluding hydrogens is 372 g/mol. The third kappa shape index (κ3) is 7.41. The molecule has 0 atom stereocenters. The second kappa shape index (κ2) is 9.87. The Morgan fingerprint density at radius 1 is 1.04 bits per heavy atom. The highest BCUT2D eigenvalue weighted by Gasteiger charge is 2.07. The number of carbonyl (C=O) groups is 1. The third-order valence-corrected chi connectivity index (χ3v) is 3.67. The molecule has 130 valence electrons. The van der Waals surface area contributed by atoms with Crippen molar-refractivity contribution in [3.05, 3.63) is 52.5 Å². The quantitative estimate of drug-likeness (QED) is 0.857. The summed E-state index contributed by atoms with van der Waals surface area (Å²) in [6.45, 7) is 5.11. The summed E-state index contributed by atoms with van der Waals surface area (Å²) in [7, 11) is 3.48. The van der Waals surface area contributed by atoms with Gasteiger partial charge in [-0.25, -0.2) is 4.79 Å². The number of aromatic nitrogens is 2. The van der Waals surface area contributed by atoms with Gasteiger partial charge >= 0.3 is 6.09 Å². The predicted octanol–water partition coefficient (Wildman–Crippen LogP) is 3.59. The van der Waals surface area contributed by atoms with Gasteiger partial charge in [-0.1, -0.05) is 0 Å². The second-order valence-corrected chi connectivity index (χ2v) is 6.44. The molecule has 0 aliphatic carbocycles. The second-order valence-electron chi connectivity index (χ2n) is 5.53. The zero-order valence-corrected chi connectivity index (χ0v) is 16.0. The van der Waals surface area contributed by atoms with E-state index < -0.39 is 6.09 Å². The number of hydrogen-bond acceptors (Lipinski definition) is 4. The Labute approximate surface area is 151 Å². The Kier molecular flexibility index (Phi) is 8.18. The van der Waals surface area contributed by atoms with Crippen molar-refractivity contribution in [2.45, 2.75) is 13.8 Å². The number of carboxylic acid groups (broad SMARTS) is 1. The van der Waals surface area contributed by atoms with Crippen LogP contribution in [0.2, 0.25) is 0 Å². The smallest absolute Gasteiger partial charge is 0.407 e. The highest BCUT2D eigenvalue weighted by atomic mass is 79.9. The van der Waals surface area contributed by atoms with Crippen molar-refractivity contribution < 1.29 is 9.90 Å². The normalized spacial score (nSPS) is 9.71. The fourth-order valence-corrected chi connectivity index (χ4v) is 2.27. The van der Waals surface area contributed by atoms with Gasteiger partial charge in [0.25, 0.3) is 0 Å². The van der Waals surface area contributed by atoms with Gasteiger partial charge in [-0.15, -0.1) is 0 Å². The first-order valence-electron chi connectivity index (χ1n) is 7.43. The van der Waals surface area contributed by atoms with E-state index in [0.717, 1.165) is 15.7 Å². The Balaban J connectivity index is 0.000000300. The minimum absolute atomic E-state index is 0.472. The number of halogens is 1. The van der Waals surface area contributed by atoms with Crippen LogP contribution in [0.15, 0.2) is 41.4 Å². The van der Waals surface area contributed by atoms with Gasteiger partial charge in [-0.3, -0.25) is 9.97 Å². The van der Waals surface area contributed by atoms with Crippen molar-refractivity contribution in [2.75, 3.05) is 32.1 Å². The molecule has 6 nitrogen and oxygen atoms in total. The molecule has 2 aromatic rings. The molecule has 0 aliphatic heterocycles. The SMILES string of the molecule is Cc1cncc(Br)c1.Cc1cncc(N(C)CCN(C)C(=O)O)c1. The van der Waals surface area contributed by atoms with E-state index in [-0.39, 0.29) is 0 Å². The number of amides is 1. The molecule has 0 saturated heterocycles. The number of hydrogen-bond donors (Lipinski definition) is 1. The molecule has 2 aromatic heterocycles. The molecule has 0 saturated carbocycles. The number of likely N-dealkylation sites (N-methyl/N-ethyl adjacent to an activating group) is 2. The summed E-state index contributed by atoms with van der Waals surface area (Å²) in [5.41, 5.74) is 3.27. The van der Waals surface area contributed by atoms with Gasteiger partial charge in [0, 0.05) is 50.2 Å². The van der Waals surface area contributed by atoms with E-state index in [1.165, 1.54) is 10.5 Å². The lowest BCUT2D eigenvalue weighted by atomic mass is 10.3. The van der Waals surface area contributed by atoms with Crippen molar-refractivity contribution in [1.82, 2.24) is 14.9 Å². The fourth-order valence-electron chi connectivity index (χ4n) is 1.79. The van der Waals surface area contributed by atoms with E-state index in [0.29, 0.717) is 13.1 Å². The third-order valence-electron chi connectivity index (χ3n) is 3.24. The maximum absolute atomic E-state index is 10.6. The number of aryl methyl sites for hydroxylation is 2. The Bertz CT molecular complexity index is 649. The van der Waals surface area contributed by atoms with Gasteiger partial charge in [-0.2, -0.15) is 0 Å². The molecule has 0 aromatic carbocycles. The topological polar surface area (TPSA) is 69.6 Å². The molecule has 1 N–H and O–H groups in total. The van der Waals surface area contributed by atoms with Crippen LogP contribution in [-0.4, -0.2) is 53.3 Å². The van der Waals surface area contributed by atoms with E-state index in [2.05, 4.69) is 25.9 Å². The van der Waals surface area contributed by atoms with Crippen LogP contribution in [0.4, 0.5) is 10.5 Å². The molecule has 0 aliphatic rings. The van der Waals surface area contributed by atoms with Crippen LogP contribution in [0.3, 0.4) is 0 Å². The van der Waals surface area contributed by atoms with Crippen LogP contribution in [-0.2, 0) is 0 Å². The van der Waals surface area contributed by atoms with Crippen molar-refractivity contribution in [3.63, 3.8) is 0 Å². The molecule has 0 bridgehead atoms. The average Bonchev–Trinajstić information content (AvgIpc) is 2.52. The lowest BCUT2D eigenvalue weighted by Crippen LogP contribution is -2.33. The van der Waals surface area contributed by atoms with Crippen LogP contribution in [0.25, 0.3) is 0 Å². The molecule has 1 amide bonds. The Hall–Kier alpha value is -2.15. The van der Waals surface area contributed by atoms with E-state index in [4.69, 9.17) is 5.11 Å². The van der Waals surface area contributed by atoms with Crippen LogP contribution in [0.1, 0.15) is 11.1 Å². The lowest BCUT2D eigenvalue weighted by molar-refractivity contribution is 0.157. The highest BCUT2D eigenvalue weighted by Crippen LogP contribution is 2.11. The monoisotopic (exact) mass is 394 g/mol. The molecule has 2 heterocycles. The van der Waals surface area contributed by atoms with Gasteiger partial charge in [0.2, 0.25) is 0 Å². The van der Waals surface area contributed by atoms with Crippen molar-refractivity contribution in [1.29, 1.82) is 0 Å². The molecule has 0 fully saturated rings. The first-order chi connectivity index (χ1) is 11.3. The first kappa shape index (κ1) is 19.9. The molecule has 0 spiro atoms. The summed E-state index contributed by atoms with van der Waals surface area (Å²) in [5, 5.41) is 8.70. The largest absolute Gasteiger partial charge is 0.465 e. The summed E-state index contributed by atoms with van der Waals surface area (Å²) in [4.78, 5) is 21.9. The summed E-state index contributed by atoms with van der Waals surface area (Å²) in [6, 6.07) is 4.04. The van der Waals surface area contributed by atoms with Gasteiger partial charge in [-0.05, 0) is 53.0 Å². The van der Waals surface area contributed by atoms with Gasteiger partial charge in [0.05, 0.1) is 11.9 Å². The lowest BCUT2D eigenvalue weighted by Gasteiger charge is -2.22. The Morgan fingerprint density at radius 2 is 1.62 bits per heavy atom. The van der Waals surface area contributed by atoms with E-state index in [9.17, 15) is 4.79 Å². The fraction of sp³-hybridized carbons (Fsp3) is 0.353. The van der Waals surface area contributed by atoms with E-state index in [1.54, 1.807) is 25.6 Å². The van der Waals surface area contributed by atoms with Gasteiger partial charge in [0.15, 0.2) is 0 Å². The van der Waals surface area contributed by atoms with Crippen LogP contribution >= 0.6 is 15.9 Å². The van der Waals surface area contributed by atoms with E-state index in [1.807, 2.05) is 44.1 Å². The highest BCUT2D eigenvalue weighted by molar-refractivity contribution is 9.10. The number of pyridine rings is 2. The van der Waals surface area contributed by atoms with Crippen molar-refractivity contribution in [3.8, 4) is 0 Å². The van der Waals surface area contributed by atoms with Crippen LogP contribution in [0.5, 0.6) is 0 Å². The van der Waals surface area contributed by atoms with E-state index >= 15 is 0 Å². The summed E-state index contributed by atoms with van der Waals surface area (Å²) in [6.07, 6.45) is 6.25. The molecule has 24 heavy (non-hydrogen) atoms. The molecule has 0 unspecified atom stereocenters. The number of rotatable bonds is 4. The van der Waals surface area contributed by atoms with Crippen LogP contribution < -0.4 is 4.90 Å². The van der Waals surface area contributed by atoms with Gasteiger partial charge in [0.1, 0.15) is 0 Å². The minimum atomic E-state index is -0.907. The summed E-state index contributed by atoms with van der Waals surface area (Å²) in [5.74, 6) is 0. The molecule has 2 rings (SSSR count). The van der Waals surface area contributed by atoms with Crippen LogP contribution in [0, 0.1) is 13.8 Å². The van der Waals surface area contributed by atoms with Gasteiger partial charge < -0.3 is 14.9 Å². The van der Waals surface area contributed by atoms with Crippen molar-refractivity contribution in [2.24, 2.45) is 0 Å². The molecule has 0 radical (unpaired) electrons. The molecular formula is C17H23BrN4O2. The maximum atomic E-state index is 10.6. The Morgan fingerprint density at radius 3 is 2.08 bits per heavy atom. The zero-order valence-electron chi connectivity index (χ0n) is 14.4. The zero-order chi connectivity index (χ0) is 18.1. The summed E-state index contributed by atoms with van der Waals surface area (Å²) < 4.78 is 1.04. The number of anilines is 1. The maximum Gasteiger partial charge on any atom is 0.407 e. The first-order valence-corrected chi connectivity index (χ1v) is 8.23. The summed E-state index contributed by atoms with van der Waals surface area (Å²) >= 11 is 3.30. The molecule has 7 heteroatoms.